The molecule has 5 nitrogen and oxygen atoms in total. The average molecular weight is 308 g/mol. The Morgan fingerprint density at radius 1 is 1.00 bits per heavy atom. The summed E-state index contributed by atoms with van der Waals surface area (Å²) in [5, 5.41) is 5.45. The van der Waals surface area contributed by atoms with Crippen molar-refractivity contribution in [1.82, 2.24) is 10.6 Å². The molecule has 0 saturated heterocycles. The van der Waals surface area contributed by atoms with E-state index < -0.39 is 12.1 Å². The van der Waals surface area contributed by atoms with Gasteiger partial charge in [0.2, 0.25) is 5.91 Å². The fourth-order valence-corrected chi connectivity index (χ4v) is 1.85. The van der Waals surface area contributed by atoms with Crippen LogP contribution in [0.15, 0.2) is 30.3 Å². The zero-order valence-electron chi connectivity index (χ0n) is 14.3. The summed E-state index contributed by atoms with van der Waals surface area (Å²) >= 11 is 0. The van der Waals surface area contributed by atoms with Crippen LogP contribution in [0.5, 0.6) is 0 Å². The van der Waals surface area contributed by atoms with Gasteiger partial charge in [0.1, 0.15) is 6.04 Å². The van der Waals surface area contributed by atoms with Gasteiger partial charge in [-0.15, -0.1) is 0 Å². The van der Waals surface area contributed by atoms with Gasteiger partial charge in [-0.2, -0.15) is 0 Å². The molecule has 0 aliphatic carbocycles. The lowest BCUT2D eigenvalue weighted by Crippen LogP contribution is -2.50. The highest BCUT2D eigenvalue weighted by Crippen LogP contribution is 2.12. The molecular weight excluding hydrogens is 280 g/mol. The quantitative estimate of drug-likeness (QED) is 0.877. The lowest BCUT2D eigenvalue weighted by molar-refractivity contribution is -0.124. The number of hydrogen-bond donors (Lipinski definition) is 2. The van der Waals surface area contributed by atoms with Gasteiger partial charge < -0.3 is 15.4 Å². The van der Waals surface area contributed by atoms with Crippen LogP contribution in [0, 0.1) is 5.92 Å². The van der Waals surface area contributed by atoms with Crippen molar-refractivity contribution < 1.29 is 14.3 Å². The van der Waals surface area contributed by atoms with Gasteiger partial charge in [0, 0.05) is 0 Å². The number of ether oxygens (including phenoxy) is 1. The Balaban J connectivity index is 0.00000211. The number of carbonyl (C=O) groups is 2. The van der Waals surface area contributed by atoms with Crippen LogP contribution >= 0.6 is 0 Å². The standard InChI is InChI=1S/C15H22N2O3.C2H6/c1-10(2)13(17-15(19)20-4)14(18)16-11(3)12-8-6-5-7-9-12;1-2/h5-11,13H,1-4H3,(H,16,18)(H,17,19);1-2H3. The SMILES string of the molecule is CC.COC(=O)NC(C(=O)NC(C)c1ccccc1)C(C)C. The van der Waals surface area contributed by atoms with Gasteiger partial charge in [-0.05, 0) is 18.4 Å². The molecule has 0 radical (unpaired) electrons. The van der Waals surface area contributed by atoms with E-state index in [1.54, 1.807) is 0 Å². The number of amides is 2. The summed E-state index contributed by atoms with van der Waals surface area (Å²) in [5.41, 5.74) is 1.02. The minimum atomic E-state index is -0.617. The molecule has 0 aromatic heterocycles. The Morgan fingerprint density at radius 3 is 2.00 bits per heavy atom. The van der Waals surface area contributed by atoms with Gasteiger partial charge in [0.25, 0.3) is 0 Å². The molecule has 0 heterocycles. The number of nitrogens with one attached hydrogen (secondary N) is 2. The third kappa shape index (κ3) is 6.61. The Labute approximate surface area is 133 Å². The van der Waals surface area contributed by atoms with Gasteiger partial charge in [-0.25, -0.2) is 4.79 Å². The Kier molecular flexibility index (Phi) is 9.67. The monoisotopic (exact) mass is 308 g/mol. The molecule has 2 unspecified atom stereocenters. The molecular formula is C17H28N2O3. The van der Waals surface area contributed by atoms with E-state index in [0.29, 0.717) is 0 Å². The second kappa shape index (κ2) is 10.7. The average Bonchev–Trinajstić information content (AvgIpc) is 2.54. The molecule has 0 bridgehead atoms. The molecule has 0 spiro atoms. The Hall–Kier alpha value is -2.04. The van der Waals surface area contributed by atoms with E-state index in [1.807, 2.05) is 65.0 Å². The lowest BCUT2D eigenvalue weighted by atomic mass is 10.0. The highest BCUT2D eigenvalue weighted by molar-refractivity contribution is 5.86. The molecule has 0 saturated carbocycles. The predicted molar refractivity (Wildman–Crippen MR) is 88.5 cm³/mol. The fourth-order valence-electron chi connectivity index (χ4n) is 1.85. The van der Waals surface area contributed by atoms with Crippen molar-refractivity contribution in [1.29, 1.82) is 0 Å². The van der Waals surface area contributed by atoms with E-state index in [9.17, 15) is 9.59 Å². The summed E-state index contributed by atoms with van der Waals surface area (Å²) in [7, 11) is 1.28. The van der Waals surface area contributed by atoms with Crippen molar-refractivity contribution in [3.8, 4) is 0 Å². The van der Waals surface area contributed by atoms with Crippen LogP contribution in [0.1, 0.15) is 46.2 Å². The highest BCUT2D eigenvalue weighted by atomic mass is 16.5. The van der Waals surface area contributed by atoms with Crippen LogP contribution in [0.4, 0.5) is 4.79 Å². The first kappa shape index (κ1) is 20.0. The molecule has 1 aromatic rings. The number of benzene rings is 1. The van der Waals surface area contributed by atoms with E-state index in [1.165, 1.54) is 7.11 Å². The summed E-state index contributed by atoms with van der Waals surface area (Å²) in [6.07, 6.45) is -0.605. The van der Waals surface area contributed by atoms with E-state index in [-0.39, 0.29) is 17.9 Å². The van der Waals surface area contributed by atoms with Crippen molar-refractivity contribution in [2.75, 3.05) is 7.11 Å². The fraction of sp³-hybridized carbons (Fsp3) is 0.529. The van der Waals surface area contributed by atoms with Crippen LogP contribution in [-0.2, 0) is 9.53 Å². The second-order valence-corrected chi connectivity index (χ2v) is 5.00. The van der Waals surface area contributed by atoms with Crippen LogP contribution in [0.3, 0.4) is 0 Å². The third-order valence-corrected chi connectivity index (χ3v) is 3.07. The van der Waals surface area contributed by atoms with Gasteiger partial charge in [0.15, 0.2) is 0 Å². The Bertz CT molecular complexity index is 446. The molecule has 1 rings (SSSR count). The van der Waals surface area contributed by atoms with Crippen molar-refractivity contribution >= 4 is 12.0 Å². The maximum atomic E-state index is 12.2. The van der Waals surface area contributed by atoms with Crippen molar-refractivity contribution in [3.05, 3.63) is 35.9 Å². The van der Waals surface area contributed by atoms with E-state index >= 15 is 0 Å². The summed E-state index contributed by atoms with van der Waals surface area (Å²) < 4.78 is 4.54. The number of methoxy groups -OCH3 is 1. The molecule has 0 aliphatic rings. The minimum absolute atomic E-state index is 0.0305. The van der Waals surface area contributed by atoms with Gasteiger partial charge in [0.05, 0.1) is 13.2 Å². The molecule has 1 aromatic carbocycles. The number of carbonyl (C=O) groups excluding carboxylic acids is 2. The molecule has 2 N–H and O–H groups in total. The van der Waals surface area contributed by atoms with E-state index in [4.69, 9.17) is 0 Å². The van der Waals surface area contributed by atoms with Gasteiger partial charge in [-0.3, -0.25) is 4.79 Å². The molecule has 22 heavy (non-hydrogen) atoms. The molecule has 0 fully saturated rings. The first-order valence-electron chi connectivity index (χ1n) is 7.65. The molecule has 2 amide bonds. The van der Waals surface area contributed by atoms with Crippen LogP contribution in [0.25, 0.3) is 0 Å². The summed E-state index contributed by atoms with van der Waals surface area (Å²) in [6, 6.07) is 8.92. The maximum Gasteiger partial charge on any atom is 0.407 e. The highest BCUT2D eigenvalue weighted by Gasteiger charge is 2.25. The topological polar surface area (TPSA) is 67.4 Å². The van der Waals surface area contributed by atoms with Crippen LogP contribution in [-0.4, -0.2) is 25.2 Å². The normalized spacial score (nSPS) is 12.5. The number of hydrogen-bond acceptors (Lipinski definition) is 3. The molecule has 5 heteroatoms. The lowest BCUT2D eigenvalue weighted by Gasteiger charge is -2.23. The van der Waals surface area contributed by atoms with Gasteiger partial charge in [-0.1, -0.05) is 58.0 Å². The van der Waals surface area contributed by atoms with Crippen LogP contribution in [0.2, 0.25) is 0 Å². The number of alkyl carbamates (subject to hydrolysis) is 1. The summed E-state index contributed by atoms with van der Waals surface area (Å²) in [4.78, 5) is 23.5. The smallest absolute Gasteiger partial charge is 0.407 e. The summed E-state index contributed by atoms with van der Waals surface area (Å²) in [6.45, 7) is 9.64. The first-order valence-corrected chi connectivity index (χ1v) is 7.65. The Morgan fingerprint density at radius 2 is 1.55 bits per heavy atom. The zero-order chi connectivity index (χ0) is 17.1. The second-order valence-electron chi connectivity index (χ2n) is 5.00. The largest absolute Gasteiger partial charge is 0.453 e. The number of rotatable bonds is 5. The van der Waals surface area contributed by atoms with Crippen molar-refractivity contribution in [2.24, 2.45) is 5.92 Å². The minimum Gasteiger partial charge on any atom is -0.453 e. The van der Waals surface area contributed by atoms with E-state index in [2.05, 4.69) is 15.4 Å². The maximum absolute atomic E-state index is 12.2. The van der Waals surface area contributed by atoms with Gasteiger partial charge >= 0.3 is 6.09 Å². The molecule has 0 aliphatic heterocycles. The molecule has 124 valence electrons. The van der Waals surface area contributed by atoms with Crippen molar-refractivity contribution in [2.45, 2.75) is 46.7 Å². The van der Waals surface area contributed by atoms with Crippen molar-refractivity contribution in [3.63, 3.8) is 0 Å². The zero-order valence-corrected chi connectivity index (χ0v) is 14.3. The van der Waals surface area contributed by atoms with E-state index in [0.717, 1.165) is 5.56 Å². The van der Waals surface area contributed by atoms with Crippen LogP contribution < -0.4 is 10.6 Å². The molecule has 2 atom stereocenters. The summed E-state index contributed by atoms with van der Waals surface area (Å²) in [5.74, 6) is -0.251. The predicted octanol–water partition coefficient (Wildman–Crippen LogP) is 3.27. The third-order valence-electron chi connectivity index (χ3n) is 3.07. The first-order chi connectivity index (χ1) is 10.5.